The van der Waals surface area contributed by atoms with Crippen molar-refractivity contribution in [3.63, 3.8) is 0 Å². The molecule has 2 aromatic heterocycles. The third-order valence-electron chi connectivity index (χ3n) is 5.91. The lowest BCUT2D eigenvalue weighted by atomic mass is 9.98. The van der Waals surface area contributed by atoms with E-state index in [-0.39, 0.29) is 11.9 Å². The van der Waals surface area contributed by atoms with Crippen molar-refractivity contribution < 1.29 is 4.79 Å². The average Bonchev–Trinajstić information content (AvgIpc) is 3.46. The normalized spacial score (nSPS) is 19.1. The Balaban J connectivity index is 1.20. The molecular formula is C22H25N5OS. The SMILES string of the molecule is O=C(Nc1ccc(N2CCc3sccc3C2)cc1)N1CCCC(c2ncc[nH]2)C1. The number of benzene rings is 1. The highest BCUT2D eigenvalue weighted by molar-refractivity contribution is 7.10. The number of thiophene rings is 1. The molecule has 7 heteroatoms. The number of anilines is 2. The van der Waals surface area contributed by atoms with Crippen LogP contribution in [0.25, 0.3) is 0 Å². The van der Waals surface area contributed by atoms with Crippen molar-refractivity contribution in [1.29, 1.82) is 0 Å². The summed E-state index contributed by atoms with van der Waals surface area (Å²) in [6.45, 7) is 3.50. The maximum absolute atomic E-state index is 12.8. The predicted octanol–water partition coefficient (Wildman–Crippen LogP) is 4.45. The van der Waals surface area contributed by atoms with E-state index in [0.717, 1.165) is 50.4 Å². The Morgan fingerprint density at radius 2 is 2.10 bits per heavy atom. The Kier molecular flexibility index (Phi) is 4.97. The van der Waals surface area contributed by atoms with E-state index in [4.69, 9.17) is 0 Å². The summed E-state index contributed by atoms with van der Waals surface area (Å²) in [4.78, 5) is 26.1. The Morgan fingerprint density at radius 3 is 2.93 bits per heavy atom. The number of hydrogen-bond acceptors (Lipinski definition) is 4. The van der Waals surface area contributed by atoms with E-state index in [2.05, 4.69) is 43.8 Å². The zero-order valence-corrected chi connectivity index (χ0v) is 17.1. The molecule has 3 aromatic rings. The summed E-state index contributed by atoms with van der Waals surface area (Å²) in [6.07, 6.45) is 6.79. The van der Waals surface area contributed by atoms with Crippen LogP contribution in [0, 0.1) is 0 Å². The first-order chi connectivity index (χ1) is 14.3. The molecule has 1 saturated heterocycles. The van der Waals surface area contributed by atoms with E-state index < -0.39 is 0 Å². The lowest BCUT2D eigenvalue weighted by molar-refractivity contribution is 0.191. The van der Waals surface area contributed by atoms with Crippen LogP contribution in [0.1, 0.15) is 35.0 Å². The Labute approximate surface area is 174 Å². The summed E-state index contributed by atoms with van der Waals surface area (Å²) in [6, 6.07) is 10.4. The largest absolute Gasteiger partial charge is 0.367 e. The van der Waals surface area contributed by atoms with Crippen molar-refractivity contribution in [3.8, 4) is 0 Å². The summed E-state index contributed by atoms with van der Waals surface area (Å²) in [5.74, 6) is 1.26. The maximum atomic E-state index is 12.8. The molecule has 5 rings (SSSR count). The van der Waals surface area contributed by atoms with Crippen LogP contribution in [0.3, 0.4) is 0 Å². The van der Waals surface area contributed by atoms with Crippen molar-refractivity contribution >= 4 is 28.7 Å². The lowest BCUT2D eigenvalue weighted by Crippen LogP contribution is -2.41. The molecule has 0 radical (unpaired) electrons. The first-order valence-electron chi connectivity index (χ1n) is 10.2. The van der Waals surface area contributed by atoms with E-state index >= 15 is 0 Å². The van der Waals surface area contributed by atoms with Crippen molar-refractivity contribution in [3.05, 3.63) is 64.4 Å². The highest BCUT2D eigenvalue weighted by atomic mass is 32.1. The molecule has 2 amide bonds. The number of hydrogen-bond donors (Lipinski definition) is 2. The number of nitrogens with zero attached hydrogens (tertiary/aromatic N) is 3. The summed E-state index contributed by atoms with van der Waals surface area (Å²) in [5.41, 5.74) is 3.48. The van der Waals surface area contributed by atoms with Gasteiger partial charge in [0.2, 0.25) is 0 Å². The molecule has 2 aliphatic rings. The molecule has 1 fully saturated rings. The molecular weight excluding hydrogens is 382 g/mol. The van der Waals surface area contributed by atoms with E-state index in [9.17, 15) is 4.79 Å². The second-order valence-electron chi connectivity index (χ2n) is 7.78. The Hall–Kier alpha value is -2.80. The van der Waals surface area contributed by atoms with Crippen molar-refractivity contribution in [2.45, 2.75) is 31.7 Å². The second-order valence-corrected chi connectivity index (χ2v) is 8.78. The number of aromatic nitrogens is 2. The van der Waals surface area contributed by atoms with Crippen LogP contribution in [-0.2, 0) is 13.0 Å². The summed E-state index contributed by atoms with van der Waals surface area (Å²) in [5, 5.41) is 5.24. The van der Waals surface area contributed by atoms with Gasteiger partial charge < -0.3 is 20.1 Å². The molecule has 2 N–H and O–H groups in total. The molecule has 6 nitrogen and oxygen atoms in total. The van der Waals surface area contributed by atoms with Gasteiger partial charge in [-0.2, -0.15) is 0 Å². The van der Waals surface area contributed by atoms with Gasteiger partial charge in [0.25, 0.3) is 0 Å². The number of urea groups is 1. The van der Waals surface area contributed by atoms with Gasteiger partial charge in [-0.15, -0.1) is 11.3 Å². The van der Waals surface area contributed by atoms with E-state index in [1.807, 2.05) is 34.6 Å². The van der Waals surface area contributed by atoms with Crippen LogP contribution in [0.5, 0.6) is 0 Å². The Morgan fingerprint density at radius 1 is 1.21 bits per heavy atom. The van der Waals surface area contributed by atoms with Crippen LogP contribution in [0.2, 0.25) is 0 Å². The first-order valence-corrected chi connectivity index (χ1v) is 11.1. The van der Waals surface area contributed by atoms with Gasteiger partial charge >= 0.3 is 6.03 Å². The van der Waals surface area contributed by atoms with Gasteiger partial charge in [0.05, 0.1) is 0 Å². The maximum Gasteiger partial charge on any atom is 0.321 e. The minimum Gasteiger partial charge on any atom is -0.367 e. The quantitative estimate of drug-likeness (QED) is 0.674. The lowest BCUT2D eigenvalue weighted by Gasteiger charge is -2.32. The predicted molar refractivity (Wildman–Crippen MR) is 117 cm³/mol. The zero-order chi connectivity index (χ0) is 19.6. The number of carbonyl (C=O) groups is 1. The van der Waals surface area contributed by atoms with Gasteiger partial charge in [-0.25, -0.2) is 9.78 Å². The zero-order valence-electron chi connectivity index (χ0n) is 16.3. The molecule has 0 aliphatic carbocycles. The van der Waals surface area contributed by atoms with Crippen molar-refractivity contribution in [1.82, 2.24) is 14.9 Å². The monoisotopic (exact) mass is 407 g/mol. The molecule has 29 heavy (non-hydrogen) atoms. The minimum absolute atomic E-state index is 0.0325. The van der Waals surface area contributed by atoms with Crippen molar-refractivity contribution in [2.24, 2.45) is 0 Å². The van der Waals surface area contributed by atoms with Gasteiger partial charge in [0.1, 0.15) is 5.82 Å². The minimum atomic E-state index is -0.0325. The average molecular weight is 408 g/mol. The molecule has 0 bridgehead atoms. The molecule has 0 spiro atoms. The Bertz CT molecular complexity index is 966. The van der Waals surface area contributed by atoms with Crippen LogP contribution >= 0.6 is 11.3 Å². The number of fused-ring (bicyclic) bond motifs is 1. The summed E-state index contributed by atoms with van der Waals surface area (Å²) >= 11 is 1.86. The van der Waals surface area contributed by atoms with E-state index in [0.29, 0.717) is 6.54 Å². The third-order valence-corrected chi connectivity index (χ3v) is 6.93. The van der Waals surface area contributed by atoms with Crippen molar-refractivity contribution in [2.75, 3.05) is 29.9 Å². The molecule has 150 valence electrons. The first kappa shape index (κ1) is 18.2. The van der Waals surface area contributed by atoms with Crippen LogP contribution in [-0.4, -0.2) is 40.5 Å². The standard InChI is InChI=1S/C22H25N5OS/c28-22(27-11-1-2-17(15-27)21-23-9-10-24-21)25-18-3-5-19(6-4-18)26-12-7-20-16(14-26)8-13-29-20/h3-6,8-10,13,17H,1-2,7,11-12,14-15H2,(H,23,24)(H,25,28). The number of aromatic amines is 1. The number of nitrogens with one attached hydrogen (secondary N) is 2. The number of imidazole rings is 1. The van der Waals surface area contributed by atoms with Gasteiger partial charge in [-0.05, 0) is 60.5 Å². The van der Waals surface area contributed by atoms with Gasteiger partial charge in [-0.3, -0.25) is 0 Å². The van der Waals surface area contributed by atoms with Crippen LogP contribution in [0.15, 0.2) is 48.1 Å². The molecule has 1 atom stereocenters. The molecule has 0 saturated carbocycles. The topological polar surface area (TPSA) is 64.3 Å². The smallest absolute Gasteiger partial charge is 0.321 e. The van der Waals surface area contributed by atoms with E-state index in [1.54, 1.807) is 6.20 Å². The number of likely N-dealkylation sites (tertiary alicyclic amines) is 1. The summed E-state index contributed by atoms with van der Waals surface area (Å²) in [7, 11) is 0. The molecule has 1 aromatic carbocycles. The number of piperidine rings is 1. The van der Waals surface area contributed by atoms with Gasteiger partial charge in [-0.1, -0.05) is 0 Å². The van der Waals surface area contributed by atoms with E-state index in [1.165, 1.54) is 16.1 Å². The third kappa shape index (κ3) is 3.87. The van der Waals surface area contributed by atoms with Crippen LogP contribution < -0.4 is 10.2 Å². The number of carbonyl (C=O) groups excluding carboxylic acids is 1. The molecule has 4 heterocycles. The fraction of sp³-hybridized carbons (Fsp3) is 0.364. The van der Waals surface area contributed by atoms with Gasteiger partial charge in [0, 0.05) is 60.7 Å². The number of rotatable bonds is 3. The molecule has 1 unspecified atom stereocenters. The number of amides is 2. The molecule has 2 aliphatic heterocycles. The number of H-pyrrole nitrogens is 1. The fourth-order valence-corrected chi connectivity index (χ4v) is 5.20. The highest BCUT2D eigenvalue weighted by Crippen LogP contribution is 2.29. The summed E-state index contributed by atoms with van der Waals surface area (Å²) < 4.78 is 0. The van der Waals surface area contributed by atoms with Crippen LogP contribution in [0.4, 0.5) is 16.2 Å². The fourth-order valence-electron chi connectivity index (χ4n) is 4.31. The second kappa shape index (κ2) is 7.91. The highest BCUT2D eigenvalue weighted by Gasteiger charge is 2.26. The van der Waals surface area contributed by atoms with Gasteiger partial charge in [0.15, 0.2) is 0 Å².